The van der Waals surface area contributed by atoms with Gasteiger partial charge in [0.15, 0.2) is 0 Å². The first-order valence-electron chi connectivity index (χ1n) is 4.01. The zero-order chi connectivity index (χ0) is 12.8. The molecule has 0 rings (SSSR count). The molecule has 0 saturated heterocycles. The Hall–Kier alpha value is -0.0500. The summed E-state index contributed by atoms with van der Waals surface area (Å²) in [5.41, 5.74) is 9.64. The molecule has 0 radical (unpaired) electrons. The van der Waals surface area contributed by atoms with Crippen molar-refractivity contribution in [2.75, 3.05) is 13.2 Å². The lowest BCUT2D eigenvalue weighted by atomic mass is 10.5. The Kier molecular flexibility index (Phi) is 23.9. The number of nitrogens with zero attached hydrogens (tertiary/aromatic N) is 2. The van der Waals surface area contributed by atoms with Crippen LogP contribution in [0.4, 0.5) is 0 Å². The smallest absolute Gasteiger partial charge is 0.250 e. The normalized spacial score (nSPS) is 11.9. The molecule has 0 aromatic heterocycles. The maximum absolute atomic E-state index is 8.29. The van der Waals surface area contributed by atoms with E-state index in [1.54, 1.807) is 0 Å². The van der Waals surface area contributed by atoms with Crippen LogP contribution in [0, 0.1) is 22.7 Å². The van der Waals surface area contributed by atoms with Gasteiger partial charge in [0, 0.05) is 0 Å². The van der Waals surface area contributed by atoms with Crippen molar-refractivity contribution in [3.05, 3.63) is 0 Å². The quantitative estimate of drug-likeness (QED) is 0.402. The van der Waals surface area contributed by atoms with Gasteiger partial charge >= 0.3 is 0 Å². The first kappa shape index (κ1) is 22.2. The summed E-state index contributed by atoms with van der Waals surface area (Å²) in [6.45, 7) is 0.435. The third-order valence-corrected chi connectivity index (χ3v) is 1.77. The van der Waals surface area contributed by atoms with E-state index in [0.29, 0.717) is 0 Å². The van der Waals surface area contributed by atoms with E-state index < -0.39 is 17.1 Å². The predicted molar refractivity (Wildman–Crippen MR) is 69.4 cm³/mol. The van der Waals surface area contributed by atoms with Crippen LogP contribution in [0.5, 0.6) is 0 Å². The van der Waals surface area contributed by atoms with Crippen LogP contribution in [0.2, 0.25) is 0 Å². The van der Waals surface area contributed by atoms with Gasteiger partial charge in [-0.15, -0.1) is 0 Å². The van der Waals surface area contributed by atoms with Gasteiger partial charge in [0.1, 0.15) is 0 Å². The molecule has 0 spiro atoms. The van der Waals surface area contributed by atoms with Crippen LogP contribution >= 0.6 is 30.5 Å². The van der Waals surface area contributed by atoms with Gasteiger partial charge < -0.3 is 18.8 Å². The van der Waals surface area contributed by atoms with Gasteiger partial charge in [-0.05, 0) is 0 Å². The molecule has 0 aromatic carbocycles. The van der Waals surface area contributed by atoms with Crippen LogP contribution in [-0.2, 0) is 9.05 Å². The van der Waals surface area contributed by atoms with Gasteiger partial charge in [0.2, 0.25) is 17.1 Å². The third kappa shape index (κ3) is 31.4. The van der Waals surface area contributed by atoms with Crippen molar-refractivity contribution in [1.82, 2.24) is 0 Å². The summed E-state index contributed by atoms with van der Waals surface area (Å²) in [5.74, 6) is 0. The summed E-state index contributed by atoms with van der Waals surface area (Å²) in [5, 5.41) is 15.9. The number of hydrogen-bond acceptors (Lipinski definition) is 8. The molecule has 17 heavy (non-hydrogen) atoms. The highest BCUT2D eigenvalue weighted by Crippen LogP contribution is 2.19. The van der Waals surface area contributed by atoms with Crippen molar-refractivity contribution in [1.29, 1.82) is 10.5 Å². The SMILES string of the molecule is N#CCCOP(N)O.N#CCCOP(N)O.S. The predicted octanol–water partition coefficient (Wildman–Crippen LogP) is 0.302. The number of rotatable bonds is 6. The lowest BCUT2D eigenvalue weighted by Gasteiger charge is -1.99. The van der Waals surface area contributed by atoms with Crippen molar-refractivity contribution in [3.8, 4) is 12.1 Å². The minimum atomic E-state index is -1.76. The fraction of sp³-hybridized carbons (Fsp3) is 0.667. The monoisotopic (exact) mass is 302 g/mol. The second-order valence-corrected chi connectivity index (χ2v) is 3.81. The lowest BCUT2D eigenvalue weighted by molar-refractivity contribution is 0.317. The largest absolute Gasteiger partial charge is 0.338 e. The first-order chi connectivity index (χ1) is 7.54. The molecule has 0 bridgehead atoms. The summed E-state index contributed by atoms with van der Waals surface area (Å²) in [6.07, 6.45) is 0.549. The Morgan fingerprint density at radius 2 is 1.24 bits per heavy atom. The van der Waals surface area contributed by atoms with Gasteiger partial charge in [-0.3, -0.25) is 11.0 Å². The van der Waals surface area contributed by atoms with E-state index in [-0.39, 0.29) is 39.6 Å². The molecule has 0 aliphatic heterocycles. The van der Waals surface area contributed by atoms with Crippen molar-refractivity contribution in [3.63, 3.8) is 0 Å². The number of nitriles is 2. The summed E-state index contributed by atoms with van der Waals surface area (Å²) in [6, 6.07) is 3.68. The van der Waals surface area contributed by atoms with Crippen LogP contribution in [0.25, 0.3) is 0 Å². The molecule has 0 saturated carbocycles. The second kappa shape index (κ2) is 18.3. The Balaban J connectivity index is -0.000000218. The highest BCUT2D eigenvalue weighted by molar-refractivity contribution is 7.59. The second-order valence-electron chi connectivity index (χ2n) is 2.09. The summed E-state index contributed by atoms with van der Waals surface area (Å²) >= 11 is 0. The molecule has 100 valence electrons. The van der Waals surface area contributed by atoms with Crippen LogP contribution in [0.3, 0.4) is 0 Å². The van der Waals surface area contributed by atoms with Crippen molar-refractivity contribution in [2.24, 2.45) is 11.0 Å². The van der Waals surface area contributed by atoms with E-state index in [0.717, 1.165) is 0 Å². The third-order valence-electron chi connectivity index (χ3n) is 0.875. The minimum absolute atomic E-state index is 0. The van der Waals surface area contributed by atoms with Gasteiger partial charge in [0.05, 0.1) is 38.2 Å². The van der Waals surface area contributed by atoms with Gasteiger partial charge in [-0.2, -0.15) is 24.0 Å². The molecule has 11 heteroatoms. The van der Waals surface area contributed by atoms with E-state index in [9.17, 15) is 0 Å². The molecular weight excluding hydrogens is 286 g/mol. The van der Waals surface area contributed by atoms with Crippen molar-refractivity contribution in [2.45, 2.75) is 12.8 Å². The molecule has 0 fully saturated rings. The molecule has 0 aliphatic carbocycles. The maximum Gasteiger partial charge on any atom is 0.250 e. The van der Waals surface area contributed by atoms with Gasteiger partial charge in [0.25, 0.3) is 0 Å². The molecule has 8 nitrogen and oxygen atoms in total. The molecule has 0 heterocycles. The molecule has 0 aromatic rings. The molecule has 0 amide bonds. The number of hydrogen-bond donors (Lipinski definition) is 4. The zero-order valence-corrected chi connectivity index (χ0v) is 11.8. The van der Waals surface area contributed by atoms with Gasteiger partial charge in [-0.25, -0.2) is 0 Å². The van der Waals surface area contributed by atoms with Crippen LogP contribution in [-0.4, -0.2) is 23.0 Å². The average molecular weight is 302 g/mol. The molecule has 6 N–H and O–H groups in total. The molecular formula is C6H16N4O4P2S. The summed E-state index contributed by atoms with van der Waals surface area (Å²) in [7, 11) is -3.53. The van der Waals surface area contributed by atoms with Crippen molar-refractivity contribution < 1.29 is 18.8 Å². The topological polar surface area (TPSA) is 159 Å². The number of nitrogens with two attached hydrogens (primary N) is 2. The molecule has 2 unspecified atom stereocenters. The average Bonchev–Trinajstić information content (AvgIpc) is 2.18. The summed E-state index contributed by atoms with van der Waals surface area (Å²) in [4.78, 5) is 16.6. The van der Waals surface area contributed by atoms with Crippen LogP contribution in [0.1, 0.15) is 12.8 Å². The fourth-order valence-corrected chi connectivity index (χ4v) is 0.926. The Morgan fingerprint density at radius 3 is 1.41 bits per heavy atom. The maximum atomic E-state index is 8.29. The Morgan fingerprint density at radius 1 is 0.941 bits per heavy atom. The van der Waals surface area contributed by atoms with Gasteiger partial charge in [-0.1, -0.05) is 0 Å². The minimum Gasteiger partial charge on any atom is -0.338 e. The standard InChI is InChI=1S/2C3H7N2O2P.H2S/c2*4-2-1-3-7-8(5)6;/h2*6H,1,3,5H2;1H2. The Labute approximate surface area is 110 Å². The van der Waals surface area contributed by atoms with E-state index in [1.807, 2.05) is 12.1 Å². The molecule has 2 atom stereocenters. The van der Waals surface area contributed by atoms with E-state index >= 15 is 0 Å². The fourth-order valence-electron chi connectivity index (χ4n) is 0.370. The van der Waals surface area contributed by atoms with E-state index in [4.69, 9.17) is 31.3 Å². The van der Waals surface area contributed by atoms with E-state index in [2.05, 4.69) is 9.05 Å². The highest BCUT2D eigenvalue weighted by Gasteiger charge is 1.93. The van der Waals surface area contributed by atoms with Crippen molar-refractivity contribution >= 4 is 30.5 Å². The van der Waals surface area contributed by atoms with E-state index in [1.165, 1.54) is 0 Å². The van der Waals surface area contributed by atoms with Crippen LogP contribution in [0.15, 0.2) is 0 Å². The first-order valence-corrected chi connectivity index (χ1v) is 6.58. The highest BCUT2D eigenvalue weighted by atomic mass is 32.1. The lowest BCUT2D eigenvalue weighted by Crippen LogP contribution is -1.93. The zero-order valence-electron chi connectivity index (χ0n) is 8.98. The van der Waals surface area contributed by atoms with Crippen LogP contribution < -0.4 is 11.0 Å². The molecule has 0 aliphatic rings. The summed E-state index contributed by atoms with van der Waals surface area (Å²) < 4.78 is 8.92. The Bertz CT molecular complexity index is 209.